The van der Waals surface area contributed by atoms with Crippen molar-refractivity contribution in [3.63, 3.8) is 0 Å². The van der Waals surface area contributed by atoms with Crippen molar-refractivity contribution in [2.45, 2.75) is 25.7 Å². The van der Waals surface area contributed by atoms with Gasteiger partial charge in [-0.05, 0) is 42.5 Å². The Bertz CT molecular complexity index is 889. The molecule has 3 amide bonds. The molecule has 29 heavy (non-hydrogen) atoms. The van der Waals surface area contributed by atoms with Crippen molar-refractivity contribution in [3.05, 3.63) is 71.4 Å². The van der Waals surface area contributed by atoms with Gasteiger partial charge in [-0.1, -0.05) is 36.4 Å². The molecule has 2 aliphatic rings. The molecule has 1 aromatic carbocycles. The topological polar surface area (TPSA) is 86.7 Å². The Morgan fingerprint density at radius 3 is 2.45 bits per heavy atom. The minimum atomic E-state index is -0.251. The van der Waals surface area contributed by atoms with Crippen molar-refractivity contribution < 1.29 is 19.5 Å². The zero-order chi connectivity index (χ0) is 20.6. The number of nitrogens with one attached hydrogen (secondary N) is 1. The number of carbonyl (C=O) groups is 3. The van der Waals surface area contributed by atoms with Gasteiger partial charge in [-0.3, -0.25) is 19.3 Å². The lowest BCUT2D eigenvalue weighted by atomic mass is 10.1. The summed E-state index contributed by atoms with van der Waals surface area (Å²) >= 11 is 0. The van der Waals surface area contributed by atoms with Crippen molar-refractivity contribution in [2.75, 3.05) is 13.1 Å². The van der Waals surface area contributed by atoms with Gasteiger partial charge in [0.1, 0.15) is 5.75 Å². The van der Waals surface area contributed by atoms with Crippen molar-refractivity contribution in [3.8, 4) is 5.75 Å². The summed E-state index contributed by atoms with van der Waals surface area (Å²) in [7, 11) is 0. The van der Waals surface area contributed by atoms with Gasteiger partial charge in [0.25, 0.3) is 11.8 Å². The average Bonchev–Trinajstić information content (AvgIpc) is 3.31. The normalized spacial score (nSPS) is 15.9. The lowest BCUT2D eigenvalue weighted by Gasteiger charge is -2.13. The van der Waals surface area contributed by atoms with Gasteiger partial charge < -0.3 is 10.4 Å². The van der Waals surface area contributed by atoms with Crippen LogP contribution in [0.3, 0.4) is 0 Å². The van der Waals surface area contributed by atoms with E-state index in [1.807, 2.05) is 36.4 Å². The number of phenolic OH excluding ortho intramolecular Hbond substituents is 1. The molecule has 6 nitrogen and oxygen atoms in total. The molecular weight excluding hydrogens is 368 g/mol. The number of unbranched alkanes of at least 4 members (excludes halogenated alkanes) is 2. The summed E-state index contributed by atoms with van der Waals surface area (Å²) in [5.74, 6) is -0.334. The van der Waals surface area contributed by atoms with E-state index >= 15 is 0 Å². The predicted molar refractivity (Wildman–Crippen MR) is 111 cm³/mol. The number of nitrogens with zero attached hydrogens (tertiary/aromatic N) is 1. The average molecular weight is 392 g/mol. The van der Waals surface area contributed by atoms with Crippen LogP contribution >= 0.6 is 0 Å². The lowest BCUT2D eigenvalue weighted by molar-refractivity contribution is -0.136. The van der Waals surface area contributed by atoms with E-state index in [1.165, 1.54) is 17.1 Å². The van der Waals surface area contributed by atoms with E-state index in [-0.39, 0.29) is 23.5 Å². The van der Waals surface area contributed by atoms with Crippen LogP contribution in [0.15, 0.2) is 65.8 Å². The Hall–Kier alpha value is -3.41. The number of rotatable bonds is 9. The number of hydrogen-bond donors (Lipinski definition) is 2. The molecule has 0 radical (unpaired) electrons. The Balaban J connectivity index is 1.30. The van der Waals surface area contributed by atoms with Gasteiger partial charge in [0.15, 0.2) is 0 Å². The molecule has 6 heteroatoms. The standard InChI is InChI=1S/C23H24N2O4/c26-20-10-7-17(8-11-20)4-5-18-6-9-19(16-18)23(29)24-14-2-1-3-15-25-21(27)12-13-22(25)28/h4-13,26H,1-3,14-16H2,(H,24,29)/b5-4+. The first-order chi connectivity index (χ1) is 14.0. The second kappa shape index (κ2) is 9.68. The third kappa shape index (κ3) is 5.78. The number of allylic oxidation sites excluding steroid dienone is 4. The molecule has 0 saturated heterocycles. The Labute approximate surface area is 169 Å². The second-order valence-electron chi connectivity index (χ2n) is 7.01. The van der Waals surface area contributed by atoms with Crippen LogP contribution in [0.5, 0.6) is 5.75 Å². The van der Waals surface area contributed by atoms with E-state index in [9.17, 15) is 19.5 Å². The molecule has 0 aromatic heterocycles. The van der Waals surface area contributed by atoms with Crippen molar-refractivity contribution >= 4 is 23.8 Å². The first-order valence-corrected chi connectivity index (χ1v) is 9.71. The Morgan fingerprint density at radius 1 is 1.00 bits per heavy atom. The highest BCUT2D eigenvalue weighted by atomic mass is 16.3. The minimum absolute atomic E-state index is 0.0663. The highest BCUT2D eigenvalue weighted by molar-refractivity contribution is 6.12. The van der Waals surface area contributed by atoms with Crippen LogP contribution in [0, 0.1) is 0 Å². The van der Waals surface area contributed by atoms with E-state index in [0.29, 0.717) is 19.5 Å². The van der Waals surface area contributed by atoms with Crippen molar-refractivity contribution in [1.82, 2.24) is 10.2 Å². The quantitative estimate of drug-likeness (QED) is 0.500. The van der Waals surface area contributed by atoms with Crippen LogP contribution in [0.1, 0.15) is 31.2 Å². The largest absolute Gasteiger partial charge is 0.508 e. The van der Waals surface area contributed by atoms with Crippen molar-refractivity contribution in [1.29, 1.82) is 0 Å². The molecule has 2 N–H and O–H groups in total. The maximum atomic E-state index is 12.3. The van der Waals surface area contributed by atoms with Gasteiger partial charge in [0, 0.05) is 37.2 Å². The number of carbonyl (C=O) groups excluding carboxylic acids is 3. The Kier molecular flexibility index (Phi) is 6.79. The van der Waals surface area contributed by atoms with E-state index in [2.05, 4.69) is 5.32 Å². The molecule has 1 aromatic rings. The number of benzene rings is 1. The van der Waals surface area contributed by atoms with Gasteiger partial charge in [0.2, 0.25) is 5.91 Å². The molecule has 0 saturated carbocycles. The number of aromatic hydroxyl groups is 1. The zero-order valence-electron chi connectivity index (χ0n) is 16.1. The molecule has 1 aliphatic carbocycles. The smallest absolute Gasteiger partial charge is 0.253 e. The summed E-state index contributed by atoms with van der Waals surface area (Å²) in [5.41, 5.74) is 2.76. The SMILES string of the molecule is O=C(NCCCCCN1C(=O)C=CC1=O)C1=CC=C(/C=C/c2ccc(O)cc2)C1. The van der Waals surface area contributed by atoms with E-state index in [4.69, 9.17) is 0 Å². The first kappa shape index (κ1) is 20.3. The molecule has 150 valence electrons. The summed E-state index contributed by atoms with van der Waals surface area (Å²) in [6, 6.07) is 6.93. The number of amides is 3. The molecule has 0 atom stereocenters. The van der Waals surface area contributed by atoms with Crippen LogP contribution in [-0.2, 0) is 14.4 Å². The van der Waals surface area contributed by atoms with Crippen LogP contribution in [0.4, 0.5) is 0 Å². The highest BCUT2D eigenvalue weighted by Gasteiger charge is 2.22. The van der Waals surface area contributed by atoms with E-state index in [1.54, 1.807) is 12.1 Å². The number of hydrogen-bond acceptors (Lipinski definition) is 4. The molecule has 1 aliphatic heterocycles. The third-order valence-electron chi connectivity index (χ3n) is 4.81. The van der Waals surface area contributed by atoms with Gasteiger partial charge in [-0.15, -0.1) is 0 Å². The third-order valence-corrected chi connectivity index (χ3v) is 4.81. The first-order valence-electron chi connectivity index (χ1n) is 9.71. The summed E-state index contributed by atoms with van der Waals surface area (Å²) in [6.07, 6.45) is 13.2. The minimum Gasteiger partial charge on any atom is -0.508 e. The van der Waals surface area contributed by atoms with Gasteiger partial charge in [0.05, 0.1) is 0 Å². The van der Waals surface area contributed by atoms with E-state index < -0.39 is 0 Å². The number of imide groups is 1. The fraction of sp³-hybridized carbons (Fsp3) is 0.261. The molecule has 0 bridgehead atoms. The Morgan fingerprint density at radius 2 is 1.72 bits per heavy atom. The van der Waals surface area contributed by atoms with Crippen molar-refractivity contribution in [2.24, 2.45) is 0 Å². The van der Waals surface area contributed by atoms with E-state index in [0.717, 1.165) is 36.0 Å². The van der Waals surface area contributed by atoms with Gasteiger partial charge in [-0.25, -0.2) is 0 Å². The maximum Gasteiger partial charge on any atom is 0.253 e. The summed E-state index contributed by atoms with van der Waals surface area (Å²) in [4.78, 5) is 36.4. The molecule has 0 spiro atoms. The van der Waals surface area contributed by atoms with Crippen LogP contribution < -0.4 is 5.32 Å². The molecule has 0 unspecified atom stereocenters. The lowest BCUT2D eigenvalue weighted by Crippen LogP contribution is -2.31. The fourth-order valence-electron chi connectivity index (χ4n) is 3.14. The number of phenols is 1. The van der Waals surface area contributed by atoms with Gasteiger partial charge >= 0.3 is 0 Å². The predicted octanol–water partition coefficient (Wildman–Crippen LogP) is 2.87. The fourth-order valence-corrected chi connectivity index (χ4v) is 3.14. The zero-order valence-corrected chi connectivity index (χ0v) is 16.1. The van der Waals surface area contributed by atoms with Gasteiger partial charge in [-0.2, -0.15) is 0 Å². The molecule has 0 fully saturated rings. The summed E-state index contributed by atoms with van der Waals surface area (Å²) < 4.78 is 0. The van der Waals surface area contributed by atoms with Crippen LogP contribution in [0.25, 0.3) is 6.08 Å². The molecular formula is C23H24N2O4. The second-order valence-corrected chi connectivity index (χ2v) is 7.01. The van der Waals surface area contributed by atoms with Crippen LogP contribution in [-0.4, -0.2) is 40.8 Å². The van der Waals surface area contributed by atoms with Crippen LogP contribution in [0.2, 0.25) is 0 Å². The molecule has 1 heterocycles. The highest BCUT2D eigenvalue weighted by Crippen LogP contribution is 2.21. The summed E-state index contributed by atoms with van der Waals surface area (Å²) in [6.45, 7) is 0.986. The summed E-state index contributed by atoms with van der Waals surface area (Å²) in [5, 5.41) is 12.2. The monoisotopic (exact) mass is 392 g/mol. The molecule has 3 rings (SSSR count). The maximum absolute atomic E-state index is 12.3.